The van der Waals surface area contributed by atoms with Crippen LogP contribution in [0.25, 0.3) is 11.0 Å². The van der Waals surface area contributed by atoms with Crippen LogP contribution < -0.4 is 11.2 Å². The number of nitrogen functional groups attached to an aromatic ring is 1. The number of carbonyl (C=O) groups is 3. The van der Waals surface area contributed by atoms with Crippen LogP contribution in [-0.2, 0) is 29.4 Å². The first kappa shape index (κ1) is 29.5. The van der Waals surface area contributed by atoms with Crippen LogP contribution in [0.4, 0.5) is 4.79 Å². The molecule has 1 saturated carbocycles. The Bertz CT molecular complexity index is 1520. The molecule has 0 radical (unpaired) electrons. The summed E-state index contributed by atoms with van der Waals surface area (Å²) in [6, 6.07) is 13.0. The topological polar surface area (TPSA) is 147 Å². The standard InChI is InChI=1S/C30H35N7O4.ClH/c1-35-24-10-9-21(18-23(24)33-25(35)11-6-19-4-7-20(8-5-19)26(31)32)27(38)34-36-16-12-22(13-17-36)37-28(39)30(41-29(37)40)14-2-3-15-30;/h4-5,7-10,18,22H,2-3,6,11-17H2,1H3,(H3,31,32)(H,34,38);1H. The number of aryl methyl sites for hydroxylation is 3. The molecule has 0 atom stereocenters. The van der Waals surface area contributed by atoms with Crippen LogP contribution in [0.2, 0.25) is 0 Å². The fraction of sp³-hybridized carbons (Fsp3) is 0.433. The molecule has 3 aliphatic rings. The quantitative estimate of drug-likeness (QED) is 0.281. The highest BCUT2D eigenvalue weighted by molar-refractivity contribution is 6.03. The maximum Gasteiger partial charge on any atom is 0.417 e. The van der Waals surface area contributed by atoms with E-state index >= 15 is 0 Å². The summed E-state index contributed by atoms with van der Waals surface area (Å²) in [7, 11) is 1.98. The number of nitrogens with two attached hydrogens (primary N) is 1. The number of halogens is 1. The lowest BCUT2D eigenvalue weighted by molar-refractivity contribution is -0.138. The summed E-state index contributed by atoms with van der Waals surface area (Å²) in [5.74, 6) is 0.573. The Morgan fingerprint density at radius 3 is 2.40 bits per heavy atom. The second kappa shape index (κ2) is 11.7. The number of fused-ring (bicyclic) bond motifs is 1. The van der Waals surface area contributed by atoms with Crippen LogP contribution in [0.1, 0.15) is 65.8 Å². The second-order valence-electron chi connectivity index (χ2n) is 11.3. The van der Waals surface area contributed by atoms with Gasteiger partial charge >= 0.3 is 6.09 Å². The number of imidazole rings is 1. The summed E-state index contributed by atoms with van der Waals surface area (Å²) in [6.07, 6.45) is 5.20. The Hall–Kier alpha value is -3.96. The number of carbonyl (C=O) groups excluding carboxylic acids is 3. The molecule has 2 aliphatic heterocycles. The van der Waals surface area contributed by atoms with Gasteiger partial charge in [-0.15, -0.1) is 12.4 Å². The molecule has 1 aliphatic carbocycles. The zero-order valence-corrected chi connectivity index (χ0v) is 24.4. The van der Waals surface area contributed by atoms with Crippen LogP contribution in [-0.4, -0.2) is 67.9 Å². The first-order chi connectivity index (χ1) is 19.7. The van der Waals surface area contributed by atoms with Crippen molar-refractivity contribution in [1.29, 1.82) is 5.41 Å². The van der Waals surface area contributed by atoms with Crippen molar-refractivity contribution in [2.75, 3.05) is 13.1 Å². The van der Waals surface area contributed by atoms with E-state index in [4.69, 9.17) is 20.9 Å². The van der Waals surface area contributed by atoms with Gasteiger partial charge in [-0.2, -0.15) is 0 Å². The molecule has 1 aromatic heterocycles. The number of amidine groups is 1. The Morgan fingerprint density at radius 1 is 1.07 bits per heavy atom. The summed E-state index contributed by atoms with van der Waals surface area (Å²) < 4.78 is 7.62. The normalized spacial score (nSPS) is 18.8. The van der Waals surface area contributed by atoms with Gasteiger partial charge in [-0.25, -0.2) is 19.7 Å². The third kappa shape index (κ3) is 5.46. The van der Waals surface area contributed by atoms with Gasteiger partial charge in [0.1, 0.15) is 11.7 Å². The number of nitrogens with one attached hydrogen (secondary N) is 2. The summed E-state index contributed by atoms with van der Waals surface area (Å²) in [5, 5.41) is 9.38. The van der Waals surface area contributed by atoms with Crippen LogP contribution in [0, 0.1) is 5.41 Å². The minimum atomic E-state index is -0.936. The highest BCUT2D eigenvalue weighted by atomic mass is 35.5. The number of nitrogens with zero attached hydrogens (tertiary/aromatic N) is 4. The number of benzene rings is 2. The SMILES string of the molecule is Cl.Cn1c(CCc2ccc(C(=N)N)cc2)nc2cc(C(=O)NN3CCC(N4C(=O)OC5(CCCC5)C4=O)CC3)ccc21. The number of hydrazine groups is 1. The number of aromatic nitrogens is 2. The molecule has 3 heterocycles. The molecule has 0 bridgehead atoms. The van der Waals surface area contributed by atoms with Crippen molar-refractivity contribution in [2.45, 2.75) is 63.0 Å². The van der Waals surface area contributed by atoms with Crippen molar-refractivity contribution in [1.82, 2.24) is 24.9 Å². The molecule has 2 saturated heterocycles. The molecule has 3 fully saturated rings. The van der Waals surface area contributed by atoms with Crippen LogP contribution in [0.15, 0.2) is 42.5 Å². The molecule has 6 rings (SSSR count). The van der Waals surface area contributed by atoms with Gasteiger partial charge in [0.25, 0.3) is 11.8 Å². The van der Waals surface area contributed by atoms with Crippen molar-refractivity contribution >= 4 is 47.2 Å². The van der Waals surface area contributed by atoms with Gasteiger partial charge in [-0.05, 0) is 68.7 Å². The van der Waals surface area contributed by atoms with E-state index < -0.39 is 11.7 Å². The largest absolute Gasteiger partial charge is 0.432 e. The molecule has 222 valence electrons. The third-order valence-electron chi connectivity index (χ3n) is 8.73. The predicted molar refractivity (Wildman–Crippen MR) is 159 cm³/mol. The highest BCUT2D eigenvalue weighted by Gasteiger charge is 2.56. The average molecular weight is 594 g/mol. The van der Waals surface area contributed by atoms with Crippen molar-refractivity contribution in [3.63, 3.8) is 0 Å². The van der Waals surface area contributed by atoms with Crippen molar-refractivity contribution < 1.29 is 19.1 Å². The first-order valence-electron chi connectivity index (χ1n) is 14.3. The van der Waals surface area contributed by atoms with Gasteiger partial charge in [-0.3, -0.25) is 20.4 Å². The summed E-state index contributed by atoms with van der Waals surface area (Å²) >= 11 is 0. The van der Waals surface area contributed by atoms with Crippen molar-refractivity contribution in [3.05, 3.63) is 65.0 Å². The number of hydrogen-bond donors (Lipinski definition) is 3. The zero-order valence-electron chi connectivity index (χ0n) is 23.6. The van der Waals surface area contributed by atoms with Crippen LogP contribution >= 0.6 is 12.4 Å². The van der Waals surface area contributed by atoms with E-state index in [1.165, 1.54) is 4.90 Å². The van der Waals surface area contributed by atoms with Crippen LogP contribution in [0.3, 0.4) is 0 Å². The minimum Gasteiger partial charge on any atom is -0.432 e. The van der Waals surface area contributed by atoms with Gasteiger partial charge in [0.2, 0.25) is 0 Å². The fourth-order valence-corrected chi connectivity index (χ4v) is 6.30. The zero-order chi connectivity index (χ0) is 28.7. The van der Waals surface area contributed by atoms with E-state index in [0.717, 1.165) is 48.1 Å². The summed E-state index contributed by atoms with van der Waals surface area (Å²) in [6.45, 7) is 1.06. The Balaban J connectivity index is 0.00000353. The number of rotatable bonds is 7. The molecule has 11 nitrogen and oxygen atoms in total. The average Bonchev–Trinajstić information content (AvgIpc) is 3.64. The molecule has 1 spiro atoms. The number of ether oxygens (including phenoxy) is 1. The van der Waals surface area contributed by atoms with Crippen molar-refractivity contribution in [3.8, 4) is 0 Å². The van der Waals surface area contributed by atoms with E-state index in [1.54, 1.807) is 6.07 Å². The number of hydrogen-bond acceptors (Lipinski definition) is 7. The number of imide groups is 1. The van der Waals surface area contributed by atoms with Gasteiger partial charge in [0.05, 0.1) is 11.0 Å². The molecule has 3 amide bonds. The lowest BCUT2D eigenvalue weighted by Gasteiger charge is -2.35. The van der Waals surface area contributed by atoms with Gasteiger partial charge in [-0.1, -0.05) is 24.3 Å². The predicted octanol–water partition coefficient (Wildman–Crippen LogP) is 3.47. The minimum absolute atomic E-state index is 0. The van der Waals surface area contributed by atoms with E-state index in [9.17, 15) is 14.4 Å². The fourth-order valence-electron chi connectivity index (χ4n) is 6.30. The molecule has 4 N–H and O–H groups in total. The number of piperidine rings is 1. The van der Waals surface area contributed by atoms with Gasteiger partial charge in [0, 0.05) is 43.7 Å². The molecular formula is C30H36ClN7O4. The molecular weight excluding hydrogens is 558 g/mol. The van der Waals surface area contributed by atoms with E-state index in [1.807, 2.05) is 53.0 Å². The Kier molecular flexibility index (Phi) is 8.25. The van der Waals surface area contributed by atoms with E-state index in [-0.39, 0.29) is 36.1 Å². The van der Waals surface area contributed by atoms with Gasteiger partial charge in [0.15, 0.2) is 5.60 Å². The summed E-state index contributed by atoms with van der Waals surface area (Å²) in [5.41, 5.74) is 11.7. The molecule has 12 heteroatoms. The van der Waals surface area contributed by atoms with Crippen LogP contribution in [0.5, 0.6) is 0 Å². The lowest BCUT2D eigenvalue weighted by atomic mass is 9.98. The monoisotopic (exact) mass is 593 g/mol. The smallest absolute Gasteiger partial charge is 0.417 e. The first-order valence-corrected chi connectivity index (χ1v) is 14.3. The van der Waals surface area contributed by atoms with E-state index in [0.29, 0.717) is 49.9 Å². The molecule has 0 unspecified atom stereocenters. The maximum atomic E-state index is 13.1. The van der Waals surface area contributed by atoms with Crippen molar-refractivity contribution in [2.24, 2.45) is 12.8 Å². The number of amides is 3. The van der Waals surface area contributed by atoms with E-state index in [2.05, 4.69) is 5.43 Å². The third-order valence-corrected chi connectivity index (χ3v) is 8.73. The van der Waals surface area contributed by atoms with Gasteiger partial charge < -0.3 is 15.0 Å². The lowest BCUT2D eigenvalue weighted by Crippen LogP contribution is -2.53. The summed E-state index contributed by atoms with van der Waals surface area (Å²) in [4.78, 5) is 44.8. The Morgan fingerprint density at radius 2 is 1.74 bits per heavy atom. The second-order valence-corrected chi connectivity index (χ2v) is 11.3. The highest BCUT2D eigenvalue weighted by Crippen LogP contribution is 2.41. The maximum absolute atomic E-state index is 13.1. The molecule has 2 aromatic carbocycles. The molecule has 3 aromatic rings. The molecule has 42 heavy (non-hydrogen) atoms. The Labute approximate surface area is 250 Å².